The molecular weight excluding hydrogens is 257 g/mol. The fraction of sp³-hybridized carbons (Fsp3) is 0.300. The highest BCUT2D eigenvalue weighted by Crippen LogP contribution is 2.31. The number of anilines is 1. The molecule has 17 heavy (non-hydrogen) atoms. The summed E-state index contributed by atoms with van der Waals surface area (Å²) in [4.78, 5) is 11.0. The van der Waals surface area contributed by atoms with Crippen LogP contribution < -0.4 is 11.1 Å². The molecule has 1 amide bonds. The maximum absolute atomic E-state index is 12.4. The Morgan fingerprint density at radius 3 is 2.47 bits per heavy atom. The van der Waals surface area contributed by atoms with Gasteiger partial charge in [0.25, 0.3) is 0 Å². The molecule has 3 nitrogen and oxygen atoms in total. The summed E-state index contributed by atoms with van der Waals surface area (Å²) in [5.41, 5.74) is 4.94. The van der Waals surface area contributed by atoms with Crippen LogP contribution in [0.25, 0.3) is 0 Å². The lowest BCUT2D eigenvalue weighted by molar-refractivity contribution is -0.137. The fourth-order valence-electron chi connectivity index (χ4n) is 1.13. The summed E-state index contributed by atoms with van der Waals surface area (Å²) >= 11 is 0. The van der Waals surface area contributed by atoms with E-state index in [4.69, 9.17) is 5.73 Å². The summed E-state index contributed by atoms with van der Waals surface area (Å²) in [6.45, 7) is 1.34. The van der Waals surface area contributed by atoms with Gasteiger partial charge in [0.15, 0.2) is 0 Å². The molecule has 0 aromatic heterocycles. The summed E-state index contributed by atoms with van der Waals surface area (Å²) in [5, 5.41) is 2.31. The summed E-state index contributed by atoms with van der Waals surface area (Å²) in [6.07, 6.45) is -4.42. The van der Waals surface area contributed by atoms with Crippen LogP contribution >= 0.6 is 12.4 Å². The van der Waals surface area contributed by atoms with Crippen molar-refractivity contribution in [3.05, 3.63) is 29.3 Å². The van der Waals surface area contributed by atoms with Crippen LogP contribution in [0, 0.1) is 6.92 Å². The molecule has 1 aromatic rings. The lowest BCUT2D eigenvalue weighted by atomic mass is 10.1. The van der Waals surface area contributed by atoms with Crippen molar-refractivity contribution in [2.45, 2.75) is 13.1 Å². The van der Waals surface area contributed by atoms with E-state index in [0.29, 0.717) is 5.56 Å². The van der Waals surface area contributed by atoms with E-state index in [-0.39, 0.29) is 24.6 Å². The Morgan fingerprint density at radius 2 is 2.00 bits per heavy atom. The normalized spacial score (nSPS) is 10.6. The Kier molecular flexibility index (Phi) is 5.44. The lowest BCUT2D eigenvalue weighted by Gasteiger charge is -2.11. The van der Waals surface area contributed by atoms with Crippen LogP contribution in [0.3, 0.4) is 0 Å². The standard InChI is InChI=1S/C10H11F3N2O.ClH/c1-6-2-3-7(10(11,12)13)4-8(6)15-9(16)5-14;/h2-4H,5,14H2,1H3,(H,15,16);1H. The number of nitrogens with one attached hydrogen (secondary N) is 1. The Bertz CT molecular complexity index is 407. The fourth-order valence-corrected chi connectivity index (χ4v) is 1.13. The van der Waals surface area contributed by atoms with Crippen molar-refractivity contribution >= 4 is 24.0 Å². The molecule has 7 heteroatoms. The third-order valence-corrected chi connectivity index (χ3v) is 2.02. The number of alkyl halides is 3. The number of hydrogen-bond acceptors (Lipinski definition) is 2. The molecule has 0 heterocycles. The number of carbonyl (C=O) groups is 1. The molecule has 96 valence electrons. The Balaban J connectivity index is 0.00000256. The lowest BCUT2D eigenvalue weighted by Crippen LogP contribution is -2.22. The third kappa shape index (κ3) is 4.24. The van der Waals surface area contributed by atoms with Crippen molar-refractivity contribution in [2.75, 3.05) is 11.9 Å². The van der Waals surface area contributed by atoms with Crippen molar-refractivity contribution in [2.24, 2.45) is 5.73 Å². The first-order chi connectivity index (χ1) is 7.34. The number of rotatable bonds is 2. The Morgan fingerprint density at radius 1 is 1.41 bits per heavy atom. The zero-order valence-corrected chi connectivity index (χ0v) is 9.78. The second kappa shape index (κ2) is 5.88. The predicted octanol–water partition coefficient (Wildman–Crippen LogP) is 2.33. The molecular formula is C10H12ClF3N2O. The van der Waals surface area contributed by atoms with Gasteiger partial charge >= 0.3 is 6.18 Å². The highest BCUT2D eigenvalue weighted by Gasteiger charge is 2.30. The van der Waals surface area contributed by atoms with Crippen molar-refractivity contribution in [3.63, 3.8) is 0 Å². The van der Waals surface area contributed by atoms with E-state index >= 15 is 0 Å². The molecule has 0 atom stereocenters. The summed E-state index contributed by atoms with van der Waals surface area (Å²) in [7, 11) is 0. The van der Waals surface area contributed by atoms with Gasteiger partial charge in [0.05, 0.1) is 12.1 Å². The monoisotopic (exact) mass is 268 g/mol. The number of nitrogens with two attached hydrogens (primary N) is 1. The highest BCUT2D eigenvalue weighted by atomic mass is 35.5. The van der Waals surface area contributed by atoms with Crippen molar-refractivity contribution in [1.82, 2.24) is 0 Å². The van der Waals surface area contributed by atoms with Crippen LogP contribution in [0.2, 0.25) is 0 Å². The maximum atomic E-state index is 12.4. The molecule has 0 fully saturated rings. The SMILES string of the molecule is Cc1ccc(C(F)(F)F)cc1NC(=O)CN.Cl. The molecule has 0 aliphatic heterocycles. The molecule has 0 aliphatic carbocycles. The molecule has 0 bridgehead atoms. The second-order valence-electron chi connectivity index (χ2n) is 3.28. The van der Waals surface area contributed by atoms with Crippen molar-refractivity contribution in [1.29, 1.82) is 0 Å². The van der Waals surface area contributed by atoms with E-state index in [2.05, 4.69) is 5.32 Å². The van der Waals surface area contributed by atoms with Crippen molar-refractivity contribution in [3.8, 4) is 0 Å². The quantitative estimate of drug-likeness (QED) is 0.865. The molecule has 0 spiro atoms. The van der Waals surface area contributed by atoms with Crippen LogP contribution in [0.5, 0.6) is 0 Å². The third-order valence-electron chi connectivity index (χ3n) is 2.02. The zero-order chi connectivity index (χ0) is 12.3. The van der Waals surface area contributed by atoms with E-state index in [9.17, 15) is 18.0 Å². The van der Waals surface area contributed by atoms with Crippen LogP contribution in [0.1, 0.15) is 11.1 Å². The Labute approximate surface area is 103 Å². The number of hydrogen-bond donors (Lipinski definition) is 2. The van der Waals surface area contributed by atoms with Gasteiger partial charge in [-0.2, -0.15) is 13.2 Å². The number of benzene rings is 1. The van der Waals surface area contributed by atoms with Gasteiger partial charge in [-0.15, -0.1) is 12.4 Å². The first-order valence-corrected chi connectivity index (χ1v) is 4.52. The van der Waals surface area contributed by atoms with E-state index < -0.39 is 17.6 Å². The van der Waals surface area contributed by atoms with E-state index in [1.807, 2.05) is 0 Å². The minimum atomic E-state index is -4.42. The first-order valence-electron chi connectivity index (χ1n) is 4.52. The summed E-state index contributed by atoms with van der Waals surface area (Å²) in [6, 6.07) is 3.16. The number of amides is 1. The van der Waals surface area contributed by atoms with Gasteiger partial charge in [0.2, 0.25) is 5.91 Å². The summed E-state index contributed by atoms with van der Waals surface area (Å²) < 4.78 is 37.1. The van der Waals surface area contributed by atoms with Gasteiger partial charge < -0.3 is 11.1 Å². The zero-order valence-electron chi connectivity index (χ0n) is 8.97. The van der Waals surface area contributed by atoms with Gasteiger partial charge in [-0.05, 0) is 24.6 Å². The molecule has 0 unspecified atom stereocenters. The average Bonchev–Trinajstić information content (AvgIpc) is 2.19. The van der Waals surface area contributed by atoms with E-state index in [1.54, 1.807) is 6.92 Å². The number of aryl methyl sites for hydroxylation is 1. The van der Waals surface area contributed by atoms with Crippen LogP contribution in [-0.2, 0) is 11.0 Å². The van der Waals surface area contributed by atoms with Gasteiger partial charge in [-0.1, -0.05) is 6.07 Å². The Hall–Kier alpha value is -1.27. The van der Waals surface area contributed by atoms with Crippen LogP contribution in [0.15, 0.2) is 18.2 Å². The van der Waals surface area contributed by atoms with Crippen LogP contribution in [-0.4, -0.2) is 12.5 Å². The van der Waals surface area contributed by atoms with Crippen molar-refractivity contribution < 1.29 is 18.0 Å². The average molecular weight is 269 g/mol. The molecule has 0 saturated heterocycles. The molecule has 0 radical (unpaired) electrons. The molecule has 3 N–H and O–H groups in total. The van der Waals surface area contributed by atoms with E-state index in [0.717, 1.165) is 12.1 Å². The van der Waals surface area contributed by atoms with Gasteiger partial charge in [0, 0.05) is 5.69 Å². The van der Waals surface area contributed by atoms with Crippen LogP contribution in [0.4, 0.5) is 18.9 Å². The minimum absolute atomic E-state index is 0. The van der Waals surface area contributed by atoms with E-state index in [1.165, 1.54) is 6.07 Å². The first kappa shape index (κ1) is 15.7. The highest BCUT2D eigenvalue weighted by molar-refractivity contribution is 5.92. The molecule has 0 aliphatic rings. The minimum Gasteiger partial charge on any atom is -0.325 e. The van der Waals surface area contributed by atoms with Gasteiger partial charge in [0.1, 0.15) is 0 Å². The summed E-state index contributed by atoms with van der Waals surface area (Å²) in [5.74, 6) is -0.526. The van der Waals surface area contributed by atoms with Gasteiger partial charge in [-0.3, -0.25) is 4.79 Å². The number of halogens is 4. The topological polar surface area (TPSA) is 55.1 Å². The van der Waals surface area contributed by atoms with Gasteiger partial charge in [-0.25, -0.2) is 0 Å². The molecule has 1 rings (SSSR count). The predicted molar refractivity (Wildman–Crippen MR) is 61.1 cm³/mol. The maximum Gasteiger partial charge on any atom is 0.416 e. The molecule has 0 saturated carbocycles. The second-order valence-corrected chi connectivity index (χ2v) is 3.28. The number of carbonyl (C=O) groups excluding carboxylic acids is 1. The smallest absolute Gasteiger partial charge is 0.325 e. The molecule has 1 aromatic carbocycles. The largest absolute Gasteiger partial charge is 0.416 e.